The molecule has 1 aromatic carbocycles. The maximum atomic E-state index is 13.4. The summed E-state index contributed by atoms with van der Waals surface area (Å²) in [6.07, 6.45) is 6.62. The highest BCUT2D eigenvalue weighted by Gasteiger charge is 2.61. The highest BCUT2D eigenvalue weighted by Crippen LogP contribution is 2.65. The molecule has 27 heavy (non-hydrogen) atoms. The number of amides is 2. The summed E-state index contributed by atoms with van der Waals surface area (Å²) >= 11 is 0. The summed E-state index contributed by atoms with van der Waals surface area (Å²) in [5.41, 5.74) is 2.54. The molecule has 0 radical (unpaired) electrons. The highest BCUT2D eigenvalue weighted by molar-refractivity contribution is 5.90. The molecule has 4 aliphatic carbocycles. The number of carbonyl (C=O) groups is 2. The van der Waals surface area contributed by atoms with Crippen LogP contribution in [0.2, 0.25) is 0 Å². The van der Waals surface area contributed by atoms with Crippen molar-refractivity contribution in [2.45, 2.75) is 63.8 Å². The fourth-order valence-corrected chi connectivity index (χ4v) is 6.57. The van der Waals surface area contributed by atoms with Gasteiger partial charge in [-0.15, -0.1) is 0 Å². The molecule has 4 fully saturated rings. The van der Waals surface area contributed by atoms with Crippen LogP contribution in [0.4, 0.5) is 0 Å². The monoisotopic (exact) mass is 368 g/mol. The van der Waals surface area contributed by atoms with Crippen molar-refractivity contribution in [1.29, 1.82) is 0 Å². The van der Waals surface area contributed by atoms with Gasteiger partial charge in [-0.1, -0.05) is 29.8 Å². The fourth-order valence-electron chi connectivity index (χ4n) is 6.57. The summed E-state index contributed by atoms with van der Waals surface area (Å²) < 4.78 is 0. The average molecular weight is 369 g/mol. The predicted molar refractivity (Wildman–Crippen MR) is 106 cm³/mol. The molecule has 4 heteroatoms. The number of hydrogen-bond acceptors (Lipinski definition) is 2. The zero-order valence-corrected chi connectivity index (χ0v) is 17.0. The first-order valence-electron chi connectivity index (χ1n) is 10.3. The molecule has 146 valence electrons. The van der Waals surface area contributed by atoms with Crippen LogP contribution in [-0.2, 0) is 15.0 Å². The molecule has 0 spiro atoms. The van der Waals surface area contributed by atoms with Gasteiger partial charge >= 0.3 is 0 Å². The Morgan fingerprint density at radius 2 is 1.67 bits per heavy atom. The Labute approximate surface area is 162 Å². The van der Waals surface area contributed by atoms with Crippen LogP contribution in [0.1, 0.15) is 56.6 Å². The van der Waals surface area contributed by atoms with Gasteiger partial charge in [-0.3, -0.25) is 9.59 Å². The Bertz CT molecular complexity index is 738. The number of hydrogen-bond donors (Lipinski definition) is 1. The number of benzene rings is 1. The number of carbonyl (C=O) groups excluding carboxylic acids is 2. The van der Waals surface area contributed by atoms with Gasteiger partial charge in [0.2, 0.25) is 11.8 Å². The Kier molecular flexibility index (Phi) is 4.36. The lowest BCUT2D eigenvalue weighted by Crippen LogP contribution is -2.60. The first-order valence-corrected chi connectivity index (χ1v) is 10.3. The second kappa shape index (κ2) is 6.35. The molecule has 4 saturated carbocycles. The van der Waals surface area contributed by atoms with E-state index < -0.39 is 6.04 Å². The van der Waals surface area contributed by atoms with Gasteiger partial charge in [-0.25, -0.2) is 0 Å². The van der Waals surface area contributed by atoms with E-state index in [2.05, 4.69) is 36.5 Å². The number of likely N-dealkylation sites (N-methyl/N-ethyl adjacent to an activating group) is 1. The third kappa shape index (κ3) is 3.07. The predicted octanol–water partition coefficient (Wildman–Crippen LogP) is 3.43. The molecular weight excluding hydrogens is 336 g/mol. The number of rotatable bonds is 4. The summed E-state index contributed by atoms with van der Waals surface area (Å²) in [5.74, 6) is 1.34. The number of nitrogens with one attached hydrogen (secondary N) is 1. The van der Waals surface area contributed by atoms with Crippen LogP contribution in [0.5, 0.6) is 0 Å². The van der Waals surface area contributed by atoms with Gasteiger partial charge in [0.05, 0.1) is 5.41 Å². The van der Waals surface area contributed by atoms with Crippen molar-refractivity contribution < 1.29 is 9.59 Å². The van der Waals surface area contributed by atoms with Crippen molar-refractivity contribution in [3.05, 3.63) is 35.4 Å². The topological polar surface area (TPSA) is 49.4 Å². The van der Waals surface area contributed by atoms with E-state index in [4.69, 9.17) is 0 Å². The van der Waals surface area contributed by atoms with Crippen LogP contribution in [0, 0.1) is 24.2 Å². The van der Waals surface area contributed by atoms with E-state index in [9.17, 15) is 9.59 Å². The zero-order valence-electron chi connectivity index (χ0n) is 17.0. The van der Waals surface area contributed by atoms with E-state index in [1.54, 1.807) is 25.9 Å². The molecule has 1 N–H and O–H groups in total. The molecule has 0 saturated heterocycles. The summed E-state index contributed by atoms with van der Waals surface area (Å²) in [7, 11) is 3.48. The van der Waals surface area contributed by atoms with Crippen LogP contribution < -0.4 is 5.32 Å². The van der Waals surface area contributed by atoms with Gasteiger partial charge in [0, 0.05) is 14.1 Å². The summed E-state index contributed by atoms with van der Waals surface area (Å²) in [6.45, 7) is 3.93. The number of nitrogens with zero attached hydrogens (tertiary/aromatic N) is 1. The molecule has 0 heterocycles. The largest absolute Gasteiger partial charge is 0.347 e. The molecule has 5 rings (SSSR count). The first-order chi connectivity index (χ1) is 12.7. The SMILES string of the molecule is Cc1ccc(C23CC4CC(CC(C(=O)NC(C)C(=O)N(C)C)(C4)C2)C3)cc1. The fraction of sp³-hybridized carbons (Fsp3) is 0.652. The van der Waals surface area contributed by atoms with E-state index in [1.807, 2.05) is 0 Å². The molecule has 0 aliphatic heterocycles. The molecule has 3 atom stereocenters. The van der Waals surface area contributed by atoms with Gasteiger partial charge in [-0.05, 0) is 75.2 Å². The molecular formula is C23H32N2O2. The van der Waals surface area contributed by atoms with Crippen LogP contribution in [0.15, 0.2) is 24.3 Å². The molecule has 0 aromatic heterocycles. The standard InChI is InChI=1S/C23H32N2O2/c1-15-5-7-19(8-6-15)22-10-17-9-18(11-22)13-23(12-17,14-22)21(27)24-16(2)20(26)25(3)4/h5-8,16-18H,9-14H2,1-4H3,(H,24,27). The van der Waals surface area contributed by atoms with Crippen LogP contribution in [0.3, 0.4) is 0 Å². The smallest absolute Gasteiger partial charge is 0.244 e. The lowest BCUT2D eigenvalue weighted by atomic mass is 9.42. The van der Waals surface area contributed by atoms with Crippen molar-refractivity contribution in [3.8, 4) is 0 Å². The maximum Gasteiger partial charge on any atom is 0.244 e. The van der Waals surface area contributed by atoms with Crippen molar-refractivity contribution >= 4 is 11.8 Å². The molecule has 2 amide bonds. The van der Waals surface area contributed by atoms with E-state index in [-0.39, 0.29) is 22.6 Å². The van der Waals surface area contributed by atoms with E-state index in [0.717, 1.165) is 19.3 Å². The van der Waals surface area contributed by atoms with Crippen LogP contribution in [0.25, 0.3) is 0 Å². The van der Waals surface area contributed by atoms with Gasteiger partial charge in [0.15, 0.2) is 0 Å². The summed E-state index contributed by atoms with van der Waals surface area (Å²) in [5, 5.41) is 3.07. The quantitative estimate of drug-likeness (QED) is 0.885. The van der Waals surface area contributed by atoms with E-state index >= 15 is 0 Å². The third-order valence-corrected chi connectivity index (χ3v) is 7.37. The Morgan fingerprint density at radius 3 is 2.22 bits per heavy atom. The van der Waals surface area contributed by atoms with E-state index in [1.165, 1.54) is 30.4 Å². The van der Waals surface area contributed by atoms with Crippen molar-refractivity contribution in [2.24, 2.45) is 17.3 Å². The van der Waals surface area contributed by atoms with Gasteiger partial charge in [0.1, 0.15) is 6.04 Å². The van der Waals surface area contributed by atoms with Crippen molar-refractivity contribution in [2.75, 3.05) is 14.1 Å². The minimum Gasteiger partial charge on any atom is -0.347 e. The lowest BCUT2D eigenvalue weighted by molar-refractivity contribution is -0.151. The Balaban J connectivity index is 1.61. The molecule has 4 bridgehead atoms. The normalized spacial score (nSPS) is 35.0. The first kappa shape index (κ1) is 18.5. The summed E-state index contributed by atoms with van der Waals surface area (Å²) in [4.78, 5) is 27.2. The zero-order chi connectivity index (χ0) is 19.4. The lowest BCUT2D eigenvalue weighted by Gasteiger charge is -2.61. The van der Waals surface area contributed by atoms with Crippen molar-refractivity contribution in [3.63, 3.8) is 0 Å². The maximum absolute atomic E-state index is 13.4. The highest BCUT2D eigenvalue weighted by atomic mass is 16.2. The Hall–Kier alpha value is -1.84. The van der Waals surface area contributed by atoms with Gasteiger partial charge < -0.3 is 10.2 Å². The van der Waals surface area contributed by atoms with Crippen molar-refractivity contribution in [1.82, 2.24) is 10.2 Å². The van der Waals surface area contributed by atoms with Crippen LogP contribution >= 0.6 is 0 Å². The second-order valence-corrected chi connectivity index (χ2v) is 9.82. The number of aryl methyl sites for hydroxylation is 1. The minimum atomic E-state index is -0.462. The minimum absolute atomic E-state index is 0.0404. The molecule has 1 aromatic rings. The second-order valence-electron chi connectivity index (χ2n) is 9.82. The van der Waals surface area contributed by atoms with Gasteiger partial charge in [-0.2, -0.15) is 0 Å². The molecule has 4 aliphatic rings. The Morgan fingerprint density at radius 1 is 1.07 bits per heavy atom. The third-order valence-electron chi connectivity index (χ3n) is 7.37. The van der Waals surface area contributed by atoms with E-state index in [0.29, 0.717) is 11.8 Å². The van der Waals surface area contributed by atoms with Crippen LogP contribution in [-0.4, -0.2) is 36.9 Å². The molecule has 3 unspecified atom stereocenters. The molecule has 4 nitrogen and oxygen atoms in total. The average Bonchev–Trinajstić information content (AvgIpc) is 2.60. The summed E-state index contributed by atoms with van der Waals surface area (Å²) in [6, 6.07) is 8.52. The van der Waals surface area contributed by atoms with Gasteiger partial charge in [0.25, 0.3) is 0 Å².